The summed E-state index contributed by atoms with van der Waals surface area (Å²) in [6.07, 6.45) is 3.77. The molecule has 4 aliphatic rings. The lowest BCUT2D eigenvalue weighted by atomic mass is 9.81. The Morgan fingerprint density at radius 3 is 2.24 bits per heavy atom. The van der Waals surface area contributed by atoms with Crippen molar-refractivity contribution in [2.24, 2.45) is 23.7 Å². The van der Waals surface area contributed by atoms with Crippen LogP contribution in [-0.2, 0) is 17.4 Å². The summed E-state index contributed by atoms with van der Waals surface area (Å²) < 4.78 is 38.8. The van der Waals surface area contributed by atoms with E-state index in [1.807, 2.05) is 4.90 Å². The van der Waals surface area contributed by atoms with E-state index in [4.69, 9.17) is 0 Å². The van der Waals surface area contributed by atoms with Crippen molar-refractivity contribution in [2.75, 3.05) is 26.2 Å². The van der Waals surface area contributed by atoms with Gasteiger partial charge in [-0.2, -0.15) is 13.2 Å². The van der Waals surface area contributed by atoms with Gasteiger partial charge in [0.1, 0.15) is 11.5 Å². The van der Waals surface area contributed by atoms with Gasteiger partial charge in [-0.1, -0.05) is 30.3 Å². The van der Waals surface area contributed by atoms with Crippen LogP contribution in [0.15, 0.2) is 42.6 Å². The van der Waals surface area contributed by atoms with Crippen molar-refractivity contribution in [3.63, 3.8) is 0 Å². The number of benzene rings is 1. The Balaban J connectivity index is 0.940. The molecular formula is C29H35F3N4O. The SMILES string of the molecule is O=C(C1[C@H]2CN(C3CCC(c4ccccc4)CC3)C[C@@H]12)N1CCC(Cc2nccc(C(F)(F)F)n2)CC1. The molecule has 0 N–H and O–H groups in total. The molecule has 198 valence electrons. The molecule has 0 spiro atoms. The zero-order valence-corrected chi connectivity index (χ0v) is 21.1. The maximum absolute atomic E-state index is 13.2. The summed E-state index contributed by atoms with van der Waals surface area (Å²) in [4.78, 5) is 25.7. The Kier molecular flexibility index (Phi) is 6.72. The number of amides is 1. The minimum Gasteiger partial charge on any atom is -0.342 e. The molecule has 37 heavy (non-hydrogen) atoms. The Morgan fingerprint density at radius 1 is 0.919 bits per heavy atom. The van der Waals surface area contributed by atoms with Gasteiger partial charge in [-0.25, -0.2) is 9.97 Å². The van der Waals surface area contributed by atoms with Gasteiger partial charge in [0, 0.05) is 50.8 Å². The van der Waals surface area contributed by atoms with Crippen molar-refractivity contribution in [1.82, 2.24) is 19.8 Å². The number of aromatic nitrogens is 2. The van der Waals surface area contributed by atoms with E-state index in [0.29, 0.717) is 49.2 Å². The first kappa shape index (κ1) is 24.8. The average molecular weight is 513 g/mol. The van der Waals surface area contributed by atoms with Crippen molar-refractivity contribution in [2.45, 2.75) is 63.1 Å². The van der Waals surface area contributed by atoms with E-state index >= 15 is 0 Å². The van der Waals surface area contributed by atoms with Crippen LogP contribution < -0.4 is 0 Å². The summed E-state index contributed by atoms with van der Waals surface area (Å²) >= 11 is 0. The lowest BCUT2D eigenvalue weighted by molar-refractivity contribution is -0.141. The van der Waals surface area contributed by atoms with E-state index in [9.17, 15) is 18.0 Å². The summed E-state index contributed by atoms with van der Waals surface area (Å²) in [6.45, 7) is 3.49. The van der Waals surface area contributed by atoms with Crippen molar-refractivity contribution < 1.29 is 18.0 Å². The second-order valence-corrected chi connectivity index (χ2v) is 11.6. The van der Waals surface area contributed by atoms with E-state index in [1.165, 1.54) is 37.4 Å². The van der Waals surface area contributed by atoms with E-state index in [-0.39, 0.29) is 17.7 Å². The molecule has 5 nitrogen and oxygen atoms in total. The summed E-state index contributed by atoms with van der Waals surface area (Å²) in [5.41, 5.74) is 0.589. The van der Waals surface area contributed by atoms with E-state index < -0.39 is 11.9 Å². The Hall–Kier alpha value is -2.48. The summed E-state index contributed by atoms with van der Waals surface area (Å²) in [7, 11) is 0. The topological polar surface area (TPSA) is 49.3 Å². The summed E-state index contributed by atoms with van der Waals surface area (Å²) in [5.74, 6) is 2.65. The fourth-order valence-electron chi connectivity index (χ4n) is 7.20. The molecule has 3 atom stereocenters. The van der Waals surface area contributed by atoms with Crippen LogP contribution in [0.1, 0.15) is 61.5 Å². The highest BCUT2D eigenvalue weighted by Crippen LogP contribution is 2.54. The molecule has 2 saturated carbocycles. The minimum absolute atomic E-state index is 0.181. The van der Waals surface area contributed by atoms with Crippen molar-refractivity contribution in [3.8, 4) is 0 Å². The Morgan fingerprint density at radius 2 is 1.59 bits per heavy atom. The van der Waals surface area contributed by atoms with Crippen LogP contribution >= 0.6 is 0 Å². The number of piperidine rings is 2. The zero-order chi connectivity index (χ0) is 25.6. The maximum Gasteiger partial charge on any atom is 0.433 e. The van der Waals surface area contributed by atoms with Gasteiger partial charge < -0.3 is 4.90 Å². The second kappa shape index (κ2) is 10.0. The largest absolute Gasteiger partial charge is 0.433 e. The Bertz CT molecular complexity index is 1080. The lowest BCUT2D eigenvalue weighted by Crippen LogP contribution is -2.43. The molecule has 2 aromatic rings. The van der Waals surface area contributed by atoms with E-state index in [0.717, 1.165) is 32.0 Å². The number of carbonyl (C=O) groups excluding carboxylic acids is 1. The smallest absolute Gasteiger partial charge is 0.342 e. The van der Waals surface area contributed by atoms with Crippen LogP contribution in [0.25, 0.3) is 0 Å². The molecular weight excluding hydrogens is 477 g/mol. The highest BCUT2D eigenvalue weighted by Gasteiger charge is 2.60. The monoisotopic (exact) mass is 512 g/mol. The van der Waals surface area contributed by atoms with Crippen LogP contribution in [-0.4, -0.2) is 57.9 Å². The van der Waals surface area contributed by atoms with E-state index in [2.05, 4.69) is 45.2 Å². The predicted octanol–water partition coefficient (Wildman–Crippen LogP) is 5.18. The van der Waals surface area contributed by atoms with Gasteiger partial charge in [0.15, 0.2) is 0 Å². The van der Waals surface area contributed by atoms with Crippen molar-refractivity contribution >= 4 is 5.91 Å². The second-order valence-electron chi connectivity index (χ2n) is 11.6. The van der Waals surface area contributed by atoms with Crippen molar-refractivity contribution in [1.29, 1.82) is 0 Å². The molecule has 6 rings (SSSR count). The van der Waals surface area contributed by atoms with E-state index in [1.54, 1.807) is 0 Å². The third kappa shape index (κ3) is 5.27. The van der Waals surface area contributed by atoms with Crippen LogP contribution in [0.3, 0.4) is 0 Å². The first-order chi connectivity index (χ1) is 17.9. The fourth-order valence-corrected chi connectivity index (χ4v) is 7.20. The lowest BCUT2D eigenvalue weighted by Gasteiger charge is -2.36. The average Bonchev–Trinajstić information content (AvgIpc) is 3.41. The van der Waals surface area contributed by atoms with Crippen LogP contribution in [0.5, 0.6) is 0 Å². The van der Waals surface area contributed by atoms with Gasteiger partial charge in [0.25, 0.3) is 0 Å². The number of carbonyl (C=O) groups is 1. The van der Waals surface area contributed by atoms with Crippen LogP contribution in [0.4, 0.5) is 13.2 Å². The number of fused-ring (bicyclic) bond motifs is 1. The first-order valence-corrected chi connectivity index (χ1v) is 13.8. The fraction of sp³-hybridized carbons (Fsp3) is 0.621. The van der Waals surface area contributed by atoms with Crippen LogP contribution in [0, 0.1) is 23.7 Å². The molecule has 1 aromatic heterocycles. The van der Waals surface area contributed by atoms with Gasteiger partial charge >= 0.3 is 6.18 Å². The highest BCUT2D eigenvalue weighted by atomic mass is 19.4. The normalized spacial score (nSPS) is 30.8. The third-order valence-electron chi connectivity index (χ3n) is 9.38. The number of alkyl halides is 3. The molecule has 3 heterocycles. The number of hydrogen-bond acceptors (Lipinski definition) is 4. The zero-order valence-electron chi connectivity index (χ0n) is 21.1. The van der Waals surface area contributed by atoms with Gasteiger partial charge in [0.05, 0.1) is 0 Å². The van der Waals surface area contributed by atoms with Gasteiger partial charge in [-0.3, -0.25) is 9.69 Å². The highest BCUT2D eigenvalue weighted by molar-refractivity contribution is 5.82. The molecule has 2 saturated heterocycles. The van der Waals surface area contributed by atoms with Gasteiger partial charge in [0.2, 0.25) is 5.91 Å². The molecule has 2 aliphatic heterocycles. The molecule has 0 bridgehead atoms. The molecule has 2 aliphatic carbocycles. The maximum atomic E-state index is 13.2. The molecule has 4 fully saturated rings. The third-order valence-corrected chi connectivity index (χ3v) is 9.38. The molecule has 1 unspecified atom stereocenters. The molecule has 1 amide bonds. The van der Waals surface area contributed by atoms with Gasteiger partial charge in [-0.05, 0) is 73.8 Å². The molecule has 1 aromatic carbocycles. The standard InChI is InChI=1S/C29H35F3N4O/c30-29(31,32)25-10-13-33-26(34-25)16-19-11-14-35(15-12-19)28(37)27-23-17-36(18-24(23)27)22-8-6-21(7-9-22)20-4-2-1-3-5-20/h1-5,10,13,19,21-24,27H,6-9,11-12,14-18H2/t21?,22?,23-,24+,27?. The van der Waals surface area contributed by atoms with Crippen molar-refractivity contribution in [3.05, 3.63) is 59.7 Å². The number of nitrogens with zero attached hydrogens (tertiary/aromatic N) is 4. The number of likely N-dealkylation sites (tertiary alicyclic amines) is 2. The number of halogens is 3. The van der Waals surface area contributed by atoms with Crippen LogP contribution in [0.2, 0.25) is 0 Å². The summed E-state index contributed by atoms with van der Waals surface area (Å²) in [6, 6.07) is 12.5. The quantitative estimate of drug-likeness (QED) is 0.554. The summed E-state index contributed by atoms with van der Waals surface area (Å²) in [5, 5.41) is 0. The number of rotatable bonds is 5. The van der Waals surface area contributed by atoms with Gasteiger partial charge in [-0.15, -0.1) is 0 Å². The predicted molar refractivity (Wildman–Crippen MR) is 134 cm³/mol. The molecule has 0 radical (unpaired) electrons. The minimum atomic E-state index is -4.45. The molecule has 8 heteroatoms. The number of hydrogen-bond donors (Lipinski definition) is 0. The Labute approximate surface area is 216 Å². The first-order valence-electron chi connectivity index (χ1n) is 13.8.